The van der Waals surface area contributed by atoms with Gasteiger partial charge in [0.2, 0.25) is 0 Å². The SMILES string of the molecule is C=CCCC(C1=c2ccccc2=C2C=CC=CC21)(c1ccccc1)C1C=Cc2ccccc21.[Cl-].[Cl-].[Zr+2]. The molecule has 3 aliphatic rings. The van der Waals surface area contributed by atoms with Gasteiger partial charge in [-0.25, -0.2) is 0 Å². The Bertz CT molecular complexity index is 1450. The van der Waals surface area contributed by atoms with Gasteiger partial charge in [-0.05, 0) is 51.1 Å². The standard InChI is InChI=1S/C33H28.2ClH.Zr/c1-2-3-23-33(25-14-5-4-6-15-25,31-22-21-24-13-7-8-16-26(24)31)32-29-19-11-9-17-27(29)28-18-10-12-20-30(28)32;;;/h2,4-22,29,31H,1,3,23H2;2*1H;/q;;;+2/p-2. The summed E-state index contributed by atoms with van der Waals surface area (Å²) in [6.45, 7) is 4.12. The molecule has 3 aromatic carbocycles. The number of hydrogen-bond donors (Lipinski definition) is 0. The van der Waals surface area contributed by atoms with Gasteiger partial charge in [-0.15, -0.1) is 6.58 Å². The van der Waals surface area contributed by atoms with Gasteiger partial charge < -0.3 is 24.8 Å². The summed E-state index contributed by atoms with van der Waals surface area (Å²) < 4.78 is 0. The van der Waals surface area contributed by atoms with Gasteiger partial charge in [-0.1, -0.05) is 121 Å². The van der Waals surface area contributed by atoms with Gasteiger partial charge in [0.05, 0.1) is 0 Å². The smallest absolute Gasteiger partial charge is 1.00 e. The summed E-state index contributed by atoms with van der Waals surface area (Å²) in [6, 6.07) is 29.2. The number of halogens is 2. The first kappa shape index (κ1) is 28.4. The van der Waals surface area contributed by atoms with Crippen molar-refractivity contribution in [1.29, 1.82) is 0 Å². The van der Waals surface area contributed by atoms with Crippen LogP contribution in [0.2, 0.25) is 0 Å². The second-order valence-corrected chi connectivity index (χ2v) is 9.27. The van der Waals surface area contributed by atoms with E-state index >= 15 is 0 Å². The zero-order chi connectivity index (χ0) is 22.3. The van der Waals surface area contributed by atoms with Crippen LogP contribution in [0.15, 0.2) is 122 Å². The molecule has 0 spiro atoms. The van der Waals surface area contributed by atoms with E-state index in [0.29, 0.717) is 5.92 Å². The van der Waals surface area contributed by atoms with Crippen molar-refractivity contribution in [2.45, 2.75) is 24.2 Å². The maximum atomic E-state index is 4.12. The summed E-state index contributed by atoms with van der Waals surface area (Å²) in [4.78, 5) is 0. The summed E-state index contributed by atoms with van der Waals surface area (Å²) in [5, 5.41) is 2.78. The van der Waals surface area contributed by atoms with E-state index in [4.69, 9.17) is 0 Å². The van der Waals surface area contributed by atoms with E-state index in [-0.39, 0.29) is 62.4 Å². The number of benzene rings is 3. The van der Waals surface area contributed by atoms with Crippen LogP contribution in [-0.2, 0) is 31.6 Å². The van der Waals surface area contributed by atoms with E-state index in [1.807, 2.05) is 0 Å². The average Bonchev–Trinajstić information content (AvgIpc) is 3.46. The van der Waals surface area contributed by atoms with E-state index in [1.165, 1.54) is 38.3 Å². The fourth-order valence-corrected chi connectivity index (χ4v) is 6.39. The van der Waals surface area contributed by atoms with Crippen molar-refractivity contribution in [3.63, 3.8) is 0 Å². The van der Waals surface area contributed by atoms with Crippen LogP contribution in [-0.4, -0.2) is 0 Å². The molecule has 3 unspecified atom stereocenters. The molecule has 0 N–H and O–H groups in total. The maximum absolute atomic E-state index is 4.12. The molecule has 36 heavy (non-hydrogen) atoms. The van der Waals surface area contributed by atoms with E-state index in [1.54, 1.807) is 0 Å². The fraction of sp³-hybridized carbons (Fsp3) is 0.152. The topological polar surface area (TPSA) is 0 Å². The van der Waals surface area contributed by atoms with Crippen molar-refractivity contribution in [3.05, 3.63) is 149 Å². The normalized spacial score (nSPS) is 19.7. The molecule has 3 heteroatoms. The maximum Gasteiger partial charge on any atom is 2.00 e. The van der Waals surface area contributed by atoms with Gasteiger partial charge >= 0.3 is 26.2 Å². The molecule has 0 aliphatic heterocycles. The molecular formula is C33H28Cl2Zr. The number of hydrogen-bond acceptors (Lipinski definition) is 0. The molecule has 0 nitrogen and oxygen atoms in total. The summed E-state index contributed by atoms with van der Waals surface area (Å²) in [7, 11) is 0. The molecular weight excluding hydrogens is 558 g/mol. The van der Waals surface area contributed by atoms with Crippen molar-refractivity contribution < 1.29 is 51.0 Å². The van der Waals surface area contributed by atoms with Crippen LogP contribution < -0.4 is 35.3 Å². The van der Waals surface area contributed by atoms with E-state index in [0.717, 1.165) is 12.8 Å². The van der Waals surface area contributed by atoms with Gasteiger partial charge in [-0.2, -0.15) is 0 Å². The quantitative estimate of drug-likeness (QED) is 0.369. The molecule has 0 fully saturated rings. The second-order valence-electron chi connectivity index (χ2n) is 9.27. The van der Waals surface area contributed by atoms with E-state index in [2.05, 4.69) is 128 Å². The predicted octanol–water partition coefficient (Wildman–Crippen LogP) is 0.464. The molecule has 178 valence electrons. The Kier molecular flexibility index (Phi) is 9.40. The molecule has 0 aromatic heterocycles. The second kappa shape index (κ2) is 11.9. The Labute approximate surface area is 245 Å². The van der Waals surface area contributed by atoms with Gasteiger partial charge in [0, 0.05) is 17.3 Å². The number of allylic oxidation sites excluding steroid dienone is 6. The molecule has 6 rings (SSSR count). The molecule has 0 amide bonds. The van der Waals surface area contributed by atoms with Crippen LogP contribution in [0.5, 0.6) is 0 Å². The molecule has 3 atom stereocenters. The summed E-state index contributed by atoms with van der Waals surface area (Å²) in [5.41, 5.74) is 6.96. The van der Waals surface area contributed by atoms with Gasteiger partial charge in [-0.3, -0.25) is 0 Å². The minimum atomic E-state index is -0.170. The first-order valence-electron chi connectivity index (χ1n) is 12.0. The molecule has 3 aromatic rings. The Morgan fingerprint density at radius 3 is 2.22 bits per heavy atom. The summed E-state index contributed by atoms with van der Waals surface area (Å²) in [5.74, 6) is 0.566. The summed E-state index contributed by atoms with van der Waals surface area (Å²) >= 11 is 0. The number of fused-ring (bicyclic) bond motifs is 3. The van der Waals surface area contributed by atoms with Crippen LogP contribution in [0.25, 0.3) is 17.2 Å². The monoisotopic (exact) mass is 584 g/mol. The van der Waals surface area contributed by atoms with Crippen LogP contribution in [0.4, 0.5) is 0 Å². The van der Waals surface area contributed by atoms with E-state index < -0.39 is 0 Å². The molecule has 0 saturated heterocycles. The van der Waals surface area contributed by atoms with Gasteiger partial charge in [0.25, 0.3) is 0 Å². The first-order valence-corrected chi connectivity index (χ1v) is 12.0. The van der Waals surface area contributed by atoms with Crippen LogP contribution in [0.1, 0.15) is 35.4 Å². The molecule has 0 bridgehead atoms. The van der Waals surface area contributed by atoms with Crippen molar-refractivity contribution in [2.24, 2.45) is 5.92 Å². The van der Waals surface area contributed by atoms with Crippen molar-refractivity contribution in [3.8, 4) is 0 Å². The Balaban J connectivity index is 0.00000120. The third-order valence-electron chi connectivity index (χ3n) is 7.71. The van der Waals surface area contributed by atoms with Crippen LogP contribution in [0, 0.1) is 5.92 Å². The zero-order valence-electron chi connectivity index (χ0n) is 20.1. The Morgan fingerprint density at radius 1 is 0.750 bits per heavy atom. The first-order chi connectivity index (χ1) is 16.3. The third-order valence-corrected chi connectivity index (χ3v) is 7.71. The minimum absolute atomic E-state index is 0. The fourth-order valence-electron chi connectivity index (χ4n) is 6.39. The summed E-state index contributed by atoms with van der Waals surface area (Å²) in [6.07, 6.45) is 18.0. The zero-order valence-corrected chi connectivity index (χ0v) is 24.0. The molecule has 3 aliphatic carbocycles. The Hall–Kier alpha value is -2.18. The third kappa shape index (κ3) is 4.41. The largest absolute Gasteiger partial charge is 2.00 e. The molecule has 0 saturated carbocycles. The van der Waals surface area contributed by atoms with Crippen LogP contribution >= 0.6 is 0 Å². The average molecular weight is 587 g/mol. The molecule has 0 radical (unpaired) electrons. The number of rotatable bonds is 6. The predicted molar refractivity (Wildman–Crippen MR) is 140 cm³/mol. The van der Waals surface area contributed by atoms with Crippen molar-refractivity contribution >= 4 is 17.2 Å². The van der Waals surface area contributed by atoms with Gasteiger partial charge in [0.1, 0.15) is 0 Å². The van der Waals surface area contributed by atoms with Crippen molar-refractivity contribution in [2.75, 3.05) is 0 Å². The molecule has 0 heterocycles. The van der Waals surface area contributed by atoms with Crippen LogP contribution in [0.3, 0.4) is 0 Å². The Morgan fingerprint density at radius 2 is 1.44 bits per heavy atom. The van der Waals surface area contributed by atoms with Gasteiger partial charge in [0.15, 0.2) is 0 Å². The minimum Gasteiger partial charge on any atom is -1.00 e. The van der Waals surface area contributed by atoms with Crippen molar-refractivity contribution in [1.82, 2.24) is 0 Å². The van der Waals surface area contributed by atoms with E-state index in [9.17, 15) is 0 Å².